The lowest BCUT2D eigenvalue weighted by Gasteiger charge is -2.14. The Balaban J connectivity index is 1.93. The van der Waals surface area contributed by atoms with Crippen LogP contribution in [-0.4, -0.2) is 4.98 Å². The molecular formula is C14H18N2. The van der Waals surface area contributed by atoms with Crippen LogP contribution in [0.15, 0.2) is 0 Å². The summed E-state index contributed by atoms with van der Waals surface area (Å²) in [5.41, 5.74) is 13.1. The lowest BCUT2D eigenvalue weighted by Crippen LogP contribution is -2.06. The number of aryl methyl sites for hydroxylation is 1. The van der Waals surface area contributed by atoms with Crippen LogP contribution in [0.4, 0.5) is 5.69 Å². The fraction of sp³-hybridized carbons (Fsp3) is 0.643. The second kappa shape index (κ2) is 2.99. The van der Waals surface area contributed by atoms with Gasteiger partial charge in [0.15, 0.2) is 0 Å². The molecule has 0 unspecified atom stereocenters. The minimum absolute atomic E-state index is 0.754. The standard InChI is InChI=1S/C14H18N2/c15-13-10-2-1-3-11(10)16-14(9-6-7-9)12(13)8-4-5-8/h8-9H,1-7H2,(H2,15,16). The Kier molecular flexibility index (Phi) is 1.69. The molecule has 1 aromatic heterocycles. The first-order valence-electron chi connectivity index (χ1n) is 6.65. The van der Waals surface area contributed by atoms with Crippen molar-refractivity contribution in [3.63, 3.8) is 0 Å². The van der Waals surface area contributed by atoms with Crippen LogP contribution in [0.1, 0.15) is 66.5 Å². The third-order valence-electron chi connectivity index (χ3n) is 4.29. The Bertz CT molecular complexity index is 456. The summed E-state index contributed by atoms with van der Waals surface area (Å²) in [5.74, 6) is 1.51. The van der Waals surface area contributed by atoms with E-state index in [4.69, 9.17) is 10.7 Å². The van der Waals surface area contributed by atoms with Gasteiger partial charge >= 0.3 is 0 Å². The second-order valence-electron chi connectivity index (χ2n) is 5.65. The Labute approximate surface area is 96.3 Å². The van der Waals surface area contributed by atoms with Crippen LogP contribution in [0.3, 0.4) is 0 Å². The van der Waals surface area contributed by atoms with Crippen LogP contribution in [0.5, 0.6) is 0 Å². The average Bonchev–Trinajstić information content (AvgIpc) is 3.16. The summed E-state index contributed by atoms with van der Waals surface area (Å²) in [7, 11) is 0. The van der Waals surface area contributed by atoms with Crippen LogP contribution in [-0.2, 0) is 12.8 Å². The van der Waals surface area contributed by atoms with Crippen molar-refractivity contribution in [2.45, 2.75) is 56.8 Å². The average molecular weight is 214 g/mol. The predicted molar refractivity (Wildman–Crippen MR) is 64.6 cm³/mol. The number of aromatic nitrogens is 1. The molecule has 0 amide bonds. The van der Waals surface area contributed by atoms with E-state index < -0.39 is 0 Å². The van der Waals surface area contributed by atoms with Crippen molar-refractivity contribution in [2.24, 2.45) is 0 Å². The van der Waals surface area contributed by atoms with Crippen LogP contribution in [0, 0.1) is 0 Å². The lowest BCUT2D eigenvalue weighted by atomic mass is 9.99. The van der Waals surface area contributed by atoms with E-state index >= 15 is 0 Å². The molecule has 2 saturated carbocycles. The molecule has 16 heavy (non-hydrogen) atoms. The summed E-state index contributed by atoms with van der Waals surface area (Å²) in [6.45, 7) is 0. The molecule has 84 valence electrons. The molecule has 2 heteroatoms. The van der Waals surface area contributed by atoms with Gasteiger partial charge in [0, 0.05) is 28.6 Å². The van der Waals surface area contributed by atoms with E-state index in [0.29, 0.717) is 0 Å². The van der Waals surface area contributed by atoms with Gasteiger partial charge in [-0.3, -0.25) is 4.98 Å². The van der Waals surface area contributed by atoms with Crippen LogP contribution >= 0.6 is 0 Å². The van der Waals surface area contributed by atoms with Crippen molar-refractivity contribution >= 4 is 5.69 Å². The lowest BCUT2D eigenvalue weighted by molar-refractivity contribution is 0.882. The summed E-state index contributed by atoms with van der Waals surface area (Å²) < 4.78 is 0. The first-order valence-corrected chi connectivity index (χ1v) is 6.65. The minimum Gasteiger partial charge on any atom is -0.398 e. The van der Waals surface area contributed by atoms with E-state index in [1.807, 2.05) is 0 Å². The summed E-state index contributed by atoms with van der Waals surface area (Å²) >= 11 is 0. The Morgan fingerprint density at radius 3 is 2.44 bits per heavy atom. The molecule has 0 bridgehead atoms. The van der Waals surface area contributed by atoms with Crippen molar-refractivity contribution in [3.05, 3.63) is 22.5 Å². The Morgan fingerprint density at radius 2 is 1.75 bits per heavy atom. The molecule has 1 heterocycles. The molecule has 2 fully saturated rings. The highest BCUT2D eigenvalue weighted by Gasteiger charge is 2.37. The zero-order valence-corrected chi connectivity index (χ0v) is 9.63. The minimum atomic E-state index is 0.754. The van der Waals surface area contributed by atoms with Crippen LogP contribution in [0.2, 0.25) is 0 Å². The maximum atomic E-state index is 6.40. The monoisotopic (exact) mass is 214 g/mol. The predicted octanol–water partition coefficient (Wildman–Crippen LogP) is 2.91. The molecule has 2 nitrogen and oxygen atoms in total. The summed E-state index contributed by atoms with van der Waals surface area (Å²) in [5, 5.41) is 0. The third-order valence-corrected chi connectivity index (χ3v) is 4.29. The van der Waals surface area contributed by atoms with Gasteiger partial charge < -0.3 is 5.73 Å². The second-order valence-corrected chi connectivity index (χ2v) is 5.65. The molecule has 3 aliphatic rings. The van der Waals surface area contributed by atoms with Crippen molar-refractivity contribution < 1.29 is 0 Å². The third kappa shape index (κ3) is 1.22. The van der Waals surface area contributed by atoms with E-state index in [1.54, 1.807) is 0 Å². The van der Waals surface area contributed by atoms with Crippen molar-refractivity contribution in [3.8, 4) is 0 Å². The van der Waals surface area contributed by atoms with E-state index in [1.165, 1.54) is 61.0 Å². The van der Waals surface area contributed by atoms with Crippen LogP contribution < -0.4 is 5.73 Å². The summed E-state index contributed by atoms with van der Waals surface area (Å²) in [4.78, 5) is 4.96. The molecular weight excluding hydrogens is 196 g/mol. The molecule has 0 radical (unpaired) electrons. The molecule has 0 spiro atoms. The van der Waals surface area contributed by atoms with Crippen molar-refractivity contribution in [1.29, 1.82) is 0 Å². The fourth-order valence-corrected chi connectivity index (χ4v) is 3.12. The zero-order chi connectivity index (χ0) is 10.7. The largest absolute Gasteiger partial charge is 0.398 e. The summed E-state index contributed by atoms with van der Waals surface area (Å²) in [6, 6.07) is 0. The van der Waals surface area contributed by atoms with Gasteiger partial charge in [0.1, 0.15) is 0 Å². The number of anilines is 1. The van der Waals surface area contributed by atoms with Gasteiger partial charge in [0.25, 0.3) is 0 Å². The number of nitrogen functional groups attached to an aromatic ring is 1. The first-order chi connectivity index (χ1) is 7.84. The number of pyridine rings is 1. The van der Waals surface area contributed by atoms with Gasteiger partial charge in [0.05, 0.1) is 0 Å². The number of nitrogens with two attached hydrogens (primary N) is 1. The van der Waals surface area contributed by atoms with Crippen LogP contribution in [0.25, 0.3) is 0 Å². The Morgan fingerprint density at radius 1 is 1.00 bits per heavy atom. The molecule has 1 aromatic rings. The molecule has 0 atom stereocenters. The SMILES string of the molecule is Nc1c2c(nc(C3CC3)c1C1CC1)CCC2. The highest BCUT2D eigenvalue weighted by atomic mass is 14.8. The number of hydrogen-bond acceptors (Lipinski definition) is 2. The number of hydrogen-bond donors (Lipinski definition) is 1. The maximum absolute atomic E-state index is 6.40. The number of rotatable bonds is 2. The van der Waals surface area contributed by atoms with Gasteiger partial charge in [0.2, 0.25) is 0 Å². The topological polar surface area (TPSA) is 38.9 Å². The van der Waals surface area contributed by atoms with E-state index in [-0.39, 0.29) is 0 Å². The quantitative estimate of drug-likeness (QED) is 0.822. The van der Waals surface area contributed by atoms with Gasteiger partial charge in [-0.25, -0.2) is 0 Å². The van der Waals surface area contributed by atoms with Gasteiger partial charge in [-0.1, -0.05) is 0 Å². The highest BCUT2D eigenvalue weighted by Crippen LogP contribution is 2.52. The van der Waals surface area contributed by atoms with Gasteiger partial charge in [-0.15, -0.1) is 0 Å². The smallest absolute Gasteiger partial charge is 0.0493 e. The normalized spacial score (nSPS) is 23.5. The van der Waals surface area contributed by atoms with Gasteiger partial charge in [-0.05, 0) is 56.4 Å². The molecule has 2 N–H and O–H groups in total. The summed E-state index contributed by atoms with van der Waals surface area (Å²) in [6.07, 6.45) is 8.93. The fourth-order valence-electron chi connectivity index (χ4n) is 3.12. The number of nitrogens with zero attached hydrogens (tertiary/aromatic N) is 1. The number of fused-ring (bicyclic) bond motifs is 1. The Hall–Kier alpha value is -1.05. The molecule has 4 rings (SSSR count). The van der Waals surface area contributed by atoms with E-state index in [0.717, 1.165) is 23.9 Å². The van der Waals surface area contributed by atoms with E-state index in [2.05, 4.69) is 0 Å². The molecule has 0 aliphatic heterocycles. The molecule has 3 aliphatic carbocycles. The zero-order valence-electron chi connectivity index (χ0n) is 9.63. The van der Waals surface area contributed by atoms with Crippen molar-refractivity contribution in [2.75, 3.05) is 5.73 Å². The van der Waals surface area contributed by atoms with E-state index in [9.17, 15) is 0 Å². The first kappa shape index (κ1) is 9.03. The van der Waals surface area contributed by atoms with Gasteiger partial charge in [-0.2, -0.15) is 0 Å². The highest BCUT2D eigenvalue weighted by molar-refractivity contribution is 5.62. The maximum Gasteiger partial charge on any atom is 0.0493 e. The van der Waals surface area contributed by atoms with Crippen molar-refractivity contribution in [1.82, 2.24) is 4.98 Å². The molecule has 0 aromatic carbocycles. The molecule has 0 saturated heterocycles.